The molecule has 0 atom stereocenters. The summed E-state index contributed by atoms with van der Waals surface area (Å²) in [5.41, 5.74) is 1.33. The third-order valence-electron chi connectivity index (χ3n) is 4.03. The number of carbonyl (C=O) groups excluding carboxylic acids is 1. The van der Waals surface area contributed by atoms with E-state index in [1.807, 2.05) is 6.07 Å². The maximum absolute atomic E-state index is 11.4. The van der Waals surface area contributed by atoms with Gasteiger partial charge in [-0.3, -0.25) is 0 Å². The lowest BCUT2D eigenvalue weighted by Crippen LogP contribution is -2.44. The Kier molecular flexibility index (Phi) is 4.90. The molecule has 1 N–H and O–H groups in total. The van der Waals surface area contributed by atoms with Gasteiger partial charge in [0.25, 0.3) is 0 Å². The molecule has 126 valence electrons. The Labute approximate surface area is 141 Å². The standard InChI is InChI=1S/C17H21N5O2/c1-21-9-11-22(12-10-21)15-7-8-18-17(20-15)19-14-5-3-13(4-6-14)16(23)24-2/h3-8H,9-12H2,1-2H3,(H,18,19,20). The van der Waals surface area contributed by atoms with Crippen LogP contribution in [0.15, 0.2) is 36.5 Å². The van der Waals surface area contributed by atoms with Crippen molar-refractivity contribution in [3.8, 4) is 0 Å². The van der Waals surface area contributed by atoms with E-state index in [1.54, 1.807) is 30.5 Å². The van der Waals surface area contributed by atoms with E-state index in [0.29, 0.717) is 11.5 Å². The highest BCUT2D eigenvalue weighted by Crippen LogP contribution is 2.18. The predicted molar refractivity (Wildman–Crippen MR) is 92.8 cm³/mol. The lowest BCUT2D eigenvalue weighted by molar-refractivity contribution is 0.0601. The monoisotopic (exact) mass is 327 g/mol. The maximum atomic E-state index is 11.4. The molecule has 2 aromatic rings. The predicted octanol–water partition coefficient (Wildman–Crippen LogP) is 1.76. The van der Waals surface area contributed by atoms with Crippen LogP contribution < -0.4 is 10.2 Å². The number of nitrogens with one attached hydrogen (secondary N) is 1. The summed E-state index contributed by atoms with van der Waals surface area (Å²) in [5.74, 6) is 1.11. The van der Waals surface area contributed by atoms with Crippen LogP contribution in [0.5, 0.6) is 0 Å². The number of piperazine rings is 1. The zero-order valence-corrected chi connectivity index (χ0v) is 13.9. The number of aromatic nitrogens is 2. The Morgan fingerprint density at radius 1 is 1.12 bits per heavy atom. The van der Waals surface area contributed by atoms with Gasteiger partial charge in [0, 0.05) is 38.1 Å². The molecule has 0 saturated carbocycles. The third kappa shape index (κ3) is 3.80. The molecule has 0 unspecified atom stereocenters. The molecule has 1 fully saturated rings. The van der Waals surface area contributed by atoms with Crippen molar-refractivity contribution in [2.45, 2.75) is 0 Å². The number of hydrogen-bond acceptors (Lipinski definition) is 7. The van der Waals surface area contributed by atoms with Crippen molar-refractivity contribution in [1.29, 1.82) is 0 Å². The Bertz CT molecular complexity index is 696. The number of ether oxygens (including phenoxy) is 1. The number of benzene rings is 1. The molecule has 1 aromatic heterocycles. The van der Waals surface area contributed by atoms with E-state index in [-0.39, 0.29) is 5.97 Å². The molecular formula is C17H21N5O2. The van der Waals surface area contributed by atoms with E-state index >= 15 is 0 Å². The van der Waals surface area contributed by atoms with Gasteiger partial charge in [0.1, 0.15) is 5.82 Å². The van der Waals surface area contributed by atoms with Crippen LogP contribution in [-0.4, -0.2) is 61.2 Å². The van der Waals surface area contributed by atoms with Crippen molar-refractivity contribution in [1.82, 2.24) is 14.9 Å². The number of likely N-dealkylation sites (N-methyl/N-ethyl adjacent to an activating group) is 1. The van der Waals surface area contributed by atoms with Gasteiger partial charge in [0.05, 0.1) is 12.7 Å². The van der Waals surface area contributed by atoms with Crippen molar-refractivity contribution < 1.29 is 9.53 Å². The second-order valence-electron chi connectivity index (χ2n) is 5.72. The summed E-state index contributed by atoms with van der Waals surface area (Å²) in [7, 11) is 3.49. The molecule has 1 aliphatic heterocycles. The smallest absolute Gasteiger partial charge is 0.337 e. The van der Waals surface area contributed by atoms with E-state index < -0.39 is 0 Å². The van der Waals surface area contributed by atoms with Crippen LogP contribution in [0.25, 0.3) is 0 Å². The number of carbonyl (C=O) groups is 1. The number of nitrogens with zero attached hydrogens (tertiary/aromatic N) is 4. The van der Waals surface area contributed by atoms with Crippen molar-refractivity contribution in [3.63, 3.8) is 0 Å². The number of rotatable bonds is 4. The normalized spacial score (nSPS) is 15.2. The minimum absolute atomic E-state index is 0.352. The van der Waals surface area contributed by atoms with Crippen LogP contribution in [-0.2, 0) is 4.74 Å². The summed E-state index contributed by atoms with van der Waals surface area (Å²) in [5, 5.41) is 3.16. The van der Waals surface area contributed by atoms with Gasteiger partial charge in [-0.1, -0.05) is 0 Å². The minimum atomic E-state index is -0.352. The third-order valence-corrected chi connectivity index (χ3v) is 4.03. The van der Waals surface area contributed by atoms with Gasteiger partial charge in [0.2, 0.25) is 5.95 Å². The molecule has 0 spiro atoms. The average molecular weight is 327 g/mol. The molecule has 1 aliphatic rings. The van der Waals surface area contributed by atoms with Crippen LogP contribution >= 0.6 is 0 Å². The van der Waals surface area contributed by atoms with Crippen LogP contribution in [0.4, 0.5) is 17.5 Å². The fourth-order valence-corrected chi connectivity index (χ4v) is 2.56. The van der Waals surface area contributed by atoms with Gasteiger partial charge < -0.3 is 19.9 Å². The molecule has 0 bridgehead atoms. The SMILES string of the molecule is COC(=O)c1ccc(Nc2nccc(N3CCN(C)CC3)n2)cc1. The van der Waals surface area contributed by atoms with Crippen molar-refractivity contribution in [2.24, 2.45) is 0 Å². The molecule has 7 heteroatoms. The second kappa shape index (κ2) is 7.27. The summed E-state index contributed by atoms with van der Waals surface area (Å²) >= 11 is 0. The minimum Gasteiger partial charge on any atom is -0.465 e. The highest BCUT2D eigenvalue weighted by molar-refractivity contribution is 5.89. The Morgan fingerprint density at radius 2 is 1.83 bits per heavy atom. The first-order valence-electron chi connectivity index (χ1n) is 7.87. The van der Waals surface area contributed by atoms with Crippen LogP contribution in [0.1, 0.15) is 10.4 Å². The highest BCUT2D eigenvalue weighted by Gasteiger charge is 2.15. The van der Waals surface area contributed by atoms with E-state index in [2.05, 4.69) is 32.1 Å². The Hall–Kier alpha value is -2.67. The van der Waals surface area contributed by atoms with Gasteiger partial charge in [-0.2, -0.15) is 4.98 Å². The first kappa shape index (κ1) is 16.2. The molecule has 0 aliphatic carbocycles. The first-order chi connectivity index (χ1) is 11.7. The van der Waals surface area contributed by atoms with Gasteiger partial charge in [-0.25, -0.2) is 9.78 Å². The zero-order valence-electron chi connectivity index (χ0n) is 13.9. The molecule has 24 heavy (non-hydrogen) atoms. The second-order valence-corrected chi connectivity index (χ2v) is 5.72. The van der Waals surface area contributed by atoms with E-state index in [1.165, 1.54) is 7.11 Å². The zero-order chi connectivity index (χ0) is 16.9. The van der Waals surface area contributed by atoms with Crippen LogP contribution in [0, 0.1) is 0 Å². The molecule has 0 radical (unpaired) electrons. The molecule has 2 heterocycles. The average Bonchev–Trinajstić information content (AvgIpc) is 2.62. The van der Waals surface area contributed by atoms with Crippen LogP contribution in [0.3, 0.4) is 0 Å². The van der Waals surface area contributed by atoms with Gasteiger partial charge in [0.15, 0.2) is 0 Å². The molecule has 0 amide bonds. The maximum Gasteiger partial charge on any atom is 0.337 e. The molecule has 7 nitrogen and oxygen atoms in total. The van der Waals surface area contributed by atoms with Crippen molar-refractivity contribution >= 4 is 23.4 Å². The Balaban J connectivity index is 1.69. The summed E-state index contributed by atoms with van der Waals surface area (Å²) in [6, 6.07) is 8.95. The lowest BCUT2D eigenvalue weighted by atomic mass is 10.2. The topological polar surface area (TPSA) is 70.6 Å². The van der Waals surface area contributed by atoms with Crippen molar-refractivity contribution in [3.05, 3.63) is 42.1 Å². The number of hydrogen-bond donors (Lipinski definition) is 1. The fourth-order valence-electron chi connectivity index (χ4n) is 2.56. The van der Waals surface area contributed by atoms with E-state index in [9.17, 15) is 4.79 Å². The Morgan fingerprint density at radius 3 is 2.50 bits per heavy atom. The summed E-state index contributed by atoms with van der Waals surface area (Å²) in [6.07, 6.45) is 1.76. The summed E-state index contributed by atoms with van der Waals surface area (Å²) < 4.78 is 4.69. The highest BCUT2D eigenvalue weighted by atomic mass is 16.5. The fraction of sp³-hybridized carbons (Fsp3) is 0.353. The first-order valence-corrected chi connectivity index (χ1v) is 7.87. The number of methoxy groups -OCH3 is 1. The molecule has 1 aromatic carbocycles. The quantitative estimate of drug-likeness (QED) is 0.858. The van der Waals surface area contributed by atoms with Crippen molar-refractivity contribution in [2.75, 3.05) is 50.6 Å². The number of esters is 1. The van der Waals surface area contributed by atoms with E-state index in [0.717, 1.165) is 37.7 Å². The molecular weight excluding hydrogens is 306 g/mol. The van der Waals surface area contributed by atoms with Crippen LogP contribution in [0.2, 0.25) is 0 Å². The summed E-state index contributed by atoms with van der Waals surface area (Å²) in [6.45, 7) is 3.98. The largest absolute Gasteiger partial charge is 0.465 e. The van der Waals surface area contributed by atoms with E-state index in [4.69, 9.17) is 4.74 Å². The summed E-state index contributed by atoms with van der Waals surface area (Å²) in [4.78, 5) is 24.9. The van der Waals surface area contributed by atoms with Gasteiger partial charge >= 0.3 is 5.97 Å². The molecule has 1 saturated heterocycles. The number of anilines is 3. The van der Waals surface area contributed by atoms with Gasteiger partial charge in [-0.15, -0.1) is 0 Å². The van der Waals surface area contributed by atoms with Gasteiger partial charge in [-0.05, 0) is 37.4 Å². The molecule has 3 rings (SSSR count). The lowest BCUT2D eigenvalue weighted by Gasteiger charge is -2.33.